The van der Waals surface area contributed by atoms with E-state index in [0.717, 1.165) is 62.2 Å². The molecule has 1 amide bonds. The number of nitrogens with zero attached hydrogens (tertiary/aromatic N) is 1. The summed E-state index contributed by atoms with van der Waals surface area (Å²) < 4.78 is 5.03. The van der Waals surface area contributed by atoms with Crippen LogP contribution in [0.15, 0.2) is 30.3 Å². The van der Waals surface area contributed by atoms with Gasteiger partial charge in [-0.2, -0.15) is 0 Å². The molecule has 2 aliphatic rings. The number of rotatable bonds is 5. The molecule has 1 aliphatic heterocycles. The molecule has 0 radical (unpaired) electrons. The maximum atomic E-state index is 12.6. The van der Waals surface area contributed by atoms with Crippen molar-refractivity contribution in [3.05, 3.63) is 51.9 Å². The Hall–Kier alpha value is -1.89. The van der Waals surface area contributed by atoms with Gasteiger partial charge in [0.2, 0.25) is 5.91 Å². The highest BCUT2D eigenvalue weighted by atomic mass is 35.5. The van der Waals surface area contributed by atoms with E-state index in [0.29, 0.717) is 10.6 Å². The fourth-order valence-electron chi connectivity index (χ4n) is 4.24. The van der Waals surface area contributed by atoms with Crippen molar-refractivity contribution >= 4 is 40.6 Å². The van der Waals surface area contributed by atoms with E-state index in [-0.39, 0.29) is 30.2 Å². The standard InChI is InChI=1S/C22H26N2O3S.ClH/c1-27-22(26)19-17-11-12-24(13-15-7-3-2-4-8-15)14-18(17)28-21(19)23-20(25)16-9-5-6-10-16;/h2-4,7-8,16H,5-6,9-14H2,1H3,(H,23,25);1H. The summed E-state index contributed by atoms with van der Waals surface area (Å²) in [5.41, 5.74) is 2.89. The summed E-state index contributed by atoms with van der Waals surface area (Å²) in [4.78, 5) is 28.6. The van der Waals surface area contributed by atoms with Crippen molar-refractivity contribution in [3.63, 3.8) is 0 Å². The minimum Gasteiger partial charge on any atom is -0.465 e. The first-order valence-corrected chi connectivity index (χ1v) is 10.8. The first-order valence-electron chi connectivity index (χ1n) is 9.95. The van der Waals surface area contributed by atoms with Crippen molar-refractivity contribution in [2.24, 2.45) is 5.92 Å². The number of ether oxygens (including phenoxy) is 1. The molecule has 0 unspecified atom stereocenters. The molecule has 1 aliphatic carbocycles. The number of methoxy groups -OCH3 is 1. The second kappa shape index (κ2) is 9.74. The molecule has 0 spiro atoms. The zero-order valence-corrected chi connectivity index (χ0v) is 18.2. The first-order chi connectivity index (χ1) is 13.7. The van der Waals surface area contributed by atoms with Gasteiger partial charge in [0.05, 0.1) is 12.7 Å². The lowest BCUT2D eigenvalue weighted by molar-refractivity contribution is -0.119. The second-order valence-electron chi connectivity index (χ2n) is 7.62. The summed E-state index contributed by atoms with van der Waals surface area (Å²) in [6, 6.07) is 10.4. The molecule has 2 heterocycles. The van der Waals surface area contributed by atoms with Crippen LogP contribution < -0.4 is 5.32 Å². The summed E-state index contributed by atoms with van der Waals surface area (Å²) >= 11 is 1.53. The van der Waals surface area contributed by atoms with E-state index in [4.69, 9.17) is 4.74 Å². The van der Waals surface area contributed by atoms with Crippen LogP contribution in [0.1, 0.15) is 52.0 Å². The van der Waals surface area contributed by atoms with Gasteiger partial charge in [-0.3, -0.25) is 9.69 Å². The molecule has 1 N–H and O–H groups in total. The number of amides is 1. The summed E-state index contributed by atoms with van der Waals surface area (Å²) in [6.07, 6.45) is 4.89. The molecule has 29 heavy (non-hydrogen) atoms. The number of thiophene rings is 1. The first kappa shape index (κ1) is 21.8. The molecule has 1 saturated carbocycles. The van der Waals surface area contributed by atoms with Crippen LogP contribution in [0.4, 0.5) is 5.00 Å². The van der Waals surface area contributed by atoms with Gasteiger partial charge < -0.3 is 10.1 Å². The van der Waals surface area contributed by atoms with Crippen LogP contribution in [-0.2, 0) is 29.0 Å². The molecule has 0 bridgehead atoms. The molecule has 4 rings (SSSR count). The van der Waals surface area contributed by atoms with Crippen molar-refractivity contribution in [2.75, 3.05) is 19.0 Å². The predicted octanol–water partition coefficient (Wildman–Crippen LogP) is 4.64. The van der Waals surface area contributed by atoms with Crippen molar-refractivity contribution in [2.45, 2.75) is 45.2 Å². The minimum absolute atomic E-state index is 0. The van der Waals surface area contributed by atoms with Crippen molar-refractivity contribution in [3.8, 4) is 0 Å². The van der Waals surface area contributed by atoms with Gasteiger partial charge in [0.15, 0.2) is 0 Å². The van der Waals surface area contributed by atoms with E-state index in [1.54, 1.807) is 0 Å². The SMILES string of the molecule is COC(=O)c1c(NC(=O)C2CCCC2)sc2c1CCN(Cc1ccccc1)C2.Cl. The molecule has 0 atom stereocenters. The molecule has 1 fully saturated rings. The average molecular weight is 435 g/mol. The third-order valence-electron chi connectivity index (χ3n) is 5.74. The molecule has 1 aromatic heterocycles. The molecule has 1 aromatic carbocycles. The Labute approximate surface area is 181 Å². The third-order valence-corrected chi connectivity index (χ3v) is 6.87. The minimum atomic E-state index is -0.351. The van der Waals surface area contributed by atoms with Gasteiger partial charge in [0.1, 0.15) is 5.00 Å². The number of benzene rings is 1. The van der Waals surface area contributed by atoms with Crippen LogP contribution in [0.3, 0.4) is 0 Å². The maximum absolute atomic E-state index is 12.6. The van der Waals surface area contributed by atoms with Crippen LogP contribution in [0.5, 0.6) is 0 Å². The number of esters is 1. The average Bonchev–Trinajstić information content (AvgIpc) is 3.36. The number of hydrogen-bond donors (Lipinski definition) is 1. The molecule has 7 heteroatoms. The van der Waals surface area contributed by atoms with Crippen molar-refractivity contribution < 1.29 is 14.3 Å². The Bertz CT molecular complexity index is 862. The summed E-state index contributed by atoms with van der Waals surface area (Å²) in [5, 5.41) is 3.71. The Morgan fingerprint density at radius 2 is 1.93 bits per heavy atom. The van der Waals surface area contributed by atoms with Gasteiger partial charge in [-0.1, -0.05) is 43.2 Å². The number of anilines is 1. The zero-order chi connectivity index (χ0) is 19.5. The summed E-state index contributed by atoms with van der Waals surface area (Å²) in [6.45, 7) is 2.56. The van der Waals surface area contributed by atoms with Gasteiger partial charge in [0, 0.05) is 30.4 Å². The topological polar surface area (TPSA) is 58.6 Å². The lowest BCUT2D eigenvalue weighted by Gasteiger charge is -2.27. The van der Waals surface area contributed by atoms with Gasteiger partial charge >= 0.3 is 5.97 Å². The van der Waals surface area contributed by atoms with Gasteiger partial charge in [-0.25, -0.2) is 4.79 Å². The Morgan fingerprint density at radius 1 is 1.21 bits per heavy atom. The second-order valence-corrected chi connectivity index (χ2v) is 8.72. The smallest absolute Gasteiger partial charge is 0.341 e. The van der Waals surface area contributed by atoms with E-state index >= 15 is 0 Å². The molecule has 156 valence electrons. The van der Waals surface area contributed by atoms with Crippen LogP contribution in [0.2, 0.25) is 0 Å². The molecular formula is C22H27ClN2O3S. The van der Waals surface area contributed by atoms with Gasteiger partial charge in [0.25, 0.3) is 0 Å². The van der Waals surface area contributed by atoms with E-state index in [1.807, 2.05) is 6.07 Å². The summed E-state index contributed by atoms with van der Waals surface area (Å²) in [7, 11) is 1.40. The maximum Gasteiger partial charge on any atom is 0.341 e. The number of carbonyl (C=O) groups is 2. The van der Waals surface area contributed by atoms with E-state index in [2.05, 4.69) is 34.5 Å². The lowest BCUT2D eigenvalue weighted by Crippen LogP contribution is -2.29. The number of nitrogens with one attached hydrogen (secondary N) is 1. The number of hydrogen-bond acceptors (Lipinski definition) is 5. The highest BCUT2D eigenvalue weighted by Crippen LogP contribution is 2.38. The zero-order valence-electron chi connectivity index (χ0n) is 16.6. The fourth-order valence-corrected chi connectivity index (χ4v) is 5.52. The quantitative estimate of drug-likeness (QED) is 0.696. The van der Waals surface area contributed by atoms with Gasteiger partial charge in [-0.05, 0) is 30.4 Å². The van der Waals surface area contributed by atoms with Gasteiger partial charge in [-0.15, -0.1) is 23.7 Å². The van der Waals surface area contributed by atoms with E-state index in [9.17, 15) is 9.59 Å². The van der Waals surface area contributed by atoms with Crippen LogP contribution in [0, 0.1) is 5.92 Å². The van der Waals surface area contributed by atoms with E-state index in [1.165, 1.54) is 24.0 Å². The molecule has 2 aromatic rings. The predicted molar refractivity (Wildman–Crippen MR) is 118 cm³/mol. The number of carbonyl (C=O) groups excluding carboxylic acids is 2. The van der Waals surface area contributed by atoms with Crippen molar-refractivity contribution in [1.29, 1.82) is 0 Å². The number of halogens is 1. The Balaban J connectivity index is 0.00000240. The molecule has 0 saturated heterocycles. The molecule has 5 nitrogen and oxygen atoms in total. The fraction of sp³-hybridized carbons (Fsp3) is 0.455. The lowest BCUT2D eigenvalue weighted by atomic mass is 10.0. The highest BCUT2D eigenvalue weighted by molar-refractivity contribution is 7.17. The third kappa shape index (κ3) is 4.82. The van der Waals surface area contributed by atoms with Crippen molar-refractivity contribution in [1.82, 2.24) is 4.90 Å². The van der Waals surface area contributed by atoms with Crippen LogP contribution in [0.25, 0.3) is 0 Å². The normalized spacial score (nSPS) is 16.7. The highest BCUT2D eigenvalue weighted by Gasteiger charge is 2.31. The number of fused-ring (bicyclic) bond motifs is 1. The summed E-state index contributed by atoms with van der Waals surface area (Å²) in [5.74, 6) is -0.239. The largest absolute Gasteiger partial charge is 0.465 e. The van der Waals surface area contributed by atoms with Crippen LogP contribution >= 0.6 is 23.7 Å². The molecular weight excluding hydrogens is 408 g/mol. The van der Waals surface area contributed by atoms with E-state index < -0.39 is 0 Å². The monoisotopic (exact) mass is 434 g/mol. The Kier molecular flexibility index (Phi) is 7.33. The Morgan fingerprint density at radius 3 is 2.62 bits per heavy atom. The van der Waals surface area contributed by atoms with Crippen LogP contribution in [-0.4, -0.2) is 30.4 Å².